The van der Waals surface area contributed by atoms with Crippen molar-refractivity contribution in [2.24, 2.45) is 0 Å². The van der Waals surface area contributed by atoms with Crippen molar-refractivity contribution in [3.63, 3.8) is 0 Å². The second-order valence-corrected chi connectivity index (χ2v) is 5.30. The van der Waals surface area contributed by atoms with Crippen LogP contribution in [-0.4, -0.2) is 33.8 Å². The molecule has 0 radical (unpaired) electrons. The van der Waals surface area contributed by atoms with Gasteiger partial charge in [-0.2, -0.15) is 0 Å². The highest BCUT2D eigenvalue weighted by atomic mass is 16.5. The van der Waals surface area contributed by atoms with Crippen molar-refractivity contribution >= 4 is 5.91 Å². The van der Waals surface area contributed by atoms with Gasteiger partial charge < -0.3 is 19.5 Å². The van der Waals surface area contributed by atoms with E-state index in [-0.39, 0.29) is 5.91 Å². The van der Waals surface area contributed by atoms with Crippen LogP contribution in [0.2, 0.25) is 0 Å². The van der Waals surface area contributed by atoms with Gasteiger partial charge in [-0.1, -0.05) is 30.3 Å². The Morgan fingerprint density at radius 3 is 2.08 bits per heavy atom. The summed E-state index contributed by atoms with van der Waals surface area (Å²) in [5.74, 6) is 1.80. The zero-order valence-electron chi connectivity index (χ0n) is 14.3. The first kappa shape index (κ1) is 17.7. The smallest absolute Gasteiger partial charge is 0.224 e. The quantitative estimate of drug-likeness (QED) is 0.809. The van der Waals surface area contributed by atoms with Gasteiger partial charge in [-0.15, -0.1) is 0 Å². The summed E-state index contributed by atoms with van der Waals surface area (Å²) in [7, 11) is 4.75. The summed E-state index contributed by atoms with van der Waals surface area (Å²) in [6, 6.07) is 13.5. The largest absolute Gasteiger partial charge is 0.493 e. The summed E-state index contributed by atoms with van der Waals surface area (Å²) in [6.07, 6.45) is 1.06. The zero-order chi connectivity index (χ0) is 17.4. The van der Waals surface area contributed by atoms with Crippen molar-refractivity contribution in [2.75, 3.05) is 27.9 Å². The van der Waals surface area contributed by atoms with Crippen molar-refractivity contribution in [2.45, 2.75) is 12.8 Å². The van der Waals surface area contributed by atoms with Gasteiger partial charge in [0.05, 0.1) is 27.8 Å². The van der Waals surface area contributed by atoms with Crippen LogP contribution in [0.1, 0.15) is 11.1 Å². The molecule has 128 valence electrons. The molecule has 0 unspecified atom stereocenters. The van der Waals surface area contributed by atoms with E-state index >= 15 is 0 Å². The average Bonchev–Trinajstić information content (AvgIpc) is 2.61. The number of methoxy groups -OCH3 is 3. The van der Waals surface area contributed by atoms with E-state index < -0.39 is 0 Å². The normalized spacial score (nSPS) is 10.1. The van der Waals surface area contributed by atoms with Gasteiger partial charge >= 0.3 is 0 Å². The molecule has 0 aliphatic rings. The van der Waals surface area contributed by atoms with Crippen LogP contribution in [0.4, 0.5) is 0 Å². The van der Waals surface area contributed by atoms with Gasteiger partial charge in [-0.05, 0) is 29.7 Å². The molecule has 1 amide bonds. The summed E-state index contributed by atoms with van der Waals surface area (Å²) in [6.45, 7) is 0.546. The molecule has 1 N–H and O–H groups in total. The summed E-state index contributed by atoms with van der Waals surface area (Å²) in [5, 5.41) is 2.93. The maximum Gasteiger partial charge on any atom is 0.224 e. The first-order chi connectivity index (χ1) is 11.7. The lowest BCUT2D eigenvalue weighted by atomic mass is 10.1. The summed E-state index contributed by atoms with van der Waals surface area (Å²) in [5.41, 5.74) is 2.01. The summed E-state index contributed by atoms with van der Waals surface area (Å²) < 4.78 is 16.0. The molecule has 5 nitrogen and oxygen atoms in total. The van der Waals surface area contributed by atoms with Gasteiger partial charge in [0.15, 0.2) is 11.5 Å². The van der Waals surface area contributed by atoms with Gasteiger partial charge in [0.1, 0.15) is 0 Å². The number of ether oxygens (including phenoxy) is 3. The second-order valence-electron chi connectivity index (χ2n) is 5.30. The number of benzene rings is 2. The number of nitrogens with one attached hydrogen (secondary N) is 1. The monoisotopic (exact) mass is 329 g/mol. The Kier molecular flexibility index (Phi) is 6.49. The molecule has 5 heteroatoms. The van der Waals surface area contributed by atoms with Crippen molar-refractivity contribution in [1.82, 2.24) is 5.32 Å². The first-order valence-corrected chi connectivity index (χ1v) is 7.77. The lowest BCUT2D eigenvalue weighted by Crippen LogP contribution is -2.27. The van der Waals surface area contributed by atoms with Gasteiger partial charge in [-0.3, -0.25) is 4.79 Å². The Morgan fingerprint density at radius 2 is 1.54 bits per heavy atom. The number of hydrogen-bond donors (Lipinski definition) is 1. The van der Waals surface area contributed by atoms with E-state index in [1.807, 2.05) is 42.5 Å². The van der Waals surface area contributed by atoms with Crippen LogP contribution < -0.4 is 19.5 Å². The van der Waals surface area contributed by atoms with Crippen LogP contribution in [0.25, 0.3) is 0 Å². The lowest BCUT2D eigenvalue weighted by molar-refractivity contribution is -0.120. The average molecular weight is 329 g/mol. The molecule has 0 saturated heterocycles. The molecule has 2 rings (SSSR count). The Balaban J connectivity index is 1.93. The first-order valence-electron chi connectivity index (χ1n) is 7.77. The summed E-state index contributed by atoms with van der Waals surface area (Å²) in [4.78, 5) is 12.0. The maximum absolute atomic E-state index is 12.0. The molecular formula is C19H23NO4. The molecule has 0 heterocycles. The molecule has 2 aromatic carbocycles. The van der Waals surface area contributed by atoms with E-state index in [1.165, 1.54) is 0 Å². The van der Waals surface area contributed by atoms with E-state index in [4.69, 9.17) is 14.2 Å². The summed E-state index contributed by atoms with van der Waals surface area (Å²) >= 11 is 0. The molecule has 0 aromatic heterocycles. The minimum absolute atomic E-state index is 0.00800. The van der Waals surface area contributed by atoms with Crippen LogP contribution >= 0.6 is 0 Å². The fourth-order valence-corrected chi connectivity index (χ4v) is 2.47. The van der Waals surface area contributed by atoms with Crippen LogP contribution in [0, 0.1) is 0 Å². The third kappa shape index (κ3) is 4.65. The molecule has 0 aliphatic carbocycles. The van der Waals surface area contributed by atoms with Crippen LogP contribution in [0.5, 0.6) is 17.2 Å². The molecule has 0 atom stereocenters. The minimum atomic E-state index is 0.00800. The highest BCUT2D eigenvalue weighted by molar-refractivity contribution is 5.78. The standard InChI is InChI=1S/C19H23NO4/c1-22-16-11-15(12-17(23-2)19(16)24-3)9-10-20-18(21)13-14-7-5-4-6-8-14/h4-8,11-12H,9-10,13H2,1-3H3,(H,20,21). The molecule has 0 spiro atoms. The lowest BCUT2D eigenvalue weighted by Gasteiger charge is -2.14. The zero-order valence-corrected chi connectivity index (χ0v) is 14.3. The van der Waals surface area contributed by atoms with Crippen LogP contribution in [0.3, 0.4) is 0 Å². The van der Waals surface area contributed by atoms with Crippen LogP contribution in [-0.2, 0) is 17.6 Å². The number of rotatable bonds is 8. The SMILES string of the molecule is COc1cc(CCNC(=O)Cc2ccccc2)cc(OC)c1OC. The predicted octanol–water partition coefficient (Wildman–Crippen LogP) is 2.61. The Labute approximate surface area is 142 Å². The molecule has 0 aliphatic heterocycles. The third-order valence-corrected chi connectivity index (χ3v) is 3.67. The van der Waals surface area contributed by atoms with E-state index in [2.05, 4.69) is 5.32 Å². The Hall–Kier alpha value is -2.69. The van der Waals surface area contributed by atoms with E-state index in [1.54, 1.807) is 21.3 Å². The van der Waals surface area contributed by atoms with E-state index in [0.717, 1.165) is 11.1 Å². The van der Waals surface area contributed by atoms with E-state index in [0.29, 0.717) is 36.6 Å². The number of carbonyl (C=O) groups is 1. The highest BCUT2D eigenvalue weighted by Crippen LogP contribution is 2.38. The van der Waals surface area contributed by atoms with Crippen molar-refractivity contribution in [1.29, 1.82) is 0 Å². The van der Waals surface area contributed by atoms with Crippen molar-refractivity contribution in [3.05, 3.63) is 53.6 Å². The van der Waals surface area contributed by atoms with Crippen LogP contribution in [0.15, 0.2) is 42.5 Å². The number of amides is 1. The number of hydrogen-bond acceptors (Lipinski definition) is 4. The minimum Gasteiger partial charge on any atom is -0.493 e. The Morgan fingerprint density at radius 1 is 0.917 bits per heavy atom. The van der Waals surface area contributed by atoms with Gasteiger partial charge in [-0.25, -0.2) is 0 Å². The topological polar surface area (TPSA) is 56.8 Å². The van der Waals surface area contributed by atoms with Crippen molar-refractivity contribution in [3.8, 4) is 17.2 Å². The maximum atomic E-state index is 12.0. The van der Waals surface area contributed by atoms with E-state index in [9.17, 15) is 4.79 Å². The van der Waals surface area contributed by atoms with Crippen molar-refractivity contribution < 1.29 is 19.0 Å². The van der Waals surface area contributed by atoms with Gasteiger partial charge in [0, 0.05) is 6.54 Å². The highest BCUT2D eigenvalue weighted by Gasteiger charge is 2.13. The predicted molar refractivity (Wildman–Crippen MR) is 93.0 cm³/mol. The van der Waals surface area contributed by atoms with Gasteiger partial charge in [0.2, 0.25) is 11.7 Å². The molecule has 2 aromatic rings. The fraction of sp³-hybridized carbons (Fsp3) is 0.316. The van der Waals surface area contributed by atoms with Gasteiger partial charge in [0.25, 0.3) is 0 Å². The fourth-order valence-electron chi connectivity index (χ4n) is 2.47. The molecule has 0 fully saturated rings. The third-order valence-electron chi connectivity index (χ3n) is 3.67. The Bertz CT molecular complexity index is 645. The molecular weight excluding hydrogens is 306 g/mol. The second kappa shape index (κ2) is 8.82. The number of carbonyl (C=O) groups excluding carboxylic acids is 1. The molecule has 0 saturated carbocycles. The molecule has 0 bridgehead atoms. The molecule has 24 heavy (non-hydrogen) atoms.